The summed E-state index contributed by atoms with van der Waals surface area (Å²) in [6, 6.07) is 13.4. The van der Waals surface area contributed by atoms with Crippen LogP contribution in [0.5, 0.6) is 0 Å². The quantitative estimate of drug-likeness (QED) is 0.443. The number of thiophene rings is 1. The van der Waals surface area contributed by atoms with Crippen LogP contribution in [-0.4, -0.2) is 19.7 Å². The van der Waals surface area contributed by atoms with Crippen molar-refractivity contribution in [3.8, 4) is 22.6 Å². The Morgan fingerprint density at radius 2 is 1.72 bits per heavy atom. The molecule has 0 radical (unpaired) electrons. The molecule has 0 aliphatic carbocycles. The smallest absolute Gasteiger partial charge is 0.388 e. The third kappa shape index (κ3) is 3.56. The molecule has 0 bridgehead atoms. The third-order valence-electron chi connectivity index (χ3n) is 5.12. The maximum Gasteiger partial charge on any atom is 0.437 e. The van der Waals surface area contributed by atoms with E-state index in [2.05, 4.69) is 15.1 Å². The van der Waals surface area contributed by atoms with E-state index in [0.717, 1.165) is 26.2 Å². The second kappa shape index (κ2) is 7.69. The number of nitrogens with zero attached hydrogens (tertiary/aromatic N) is 3. The fourth-order valence-electron chi connectivity index (χ4n) is 3.56. The Morgan fingerprint density at radius 3 is 2.44 bits per heavy atom. The van der Waals surface area contributed by atoms with Crippen molar-refractivity contribution in [2.45, 2.75) is 20.4 Å². The molecule has 0 saturated heterocycles. The van der Waals surface area contributed by atoms with Gasteiger partial charge in [0.15, 0.2) is 0 Å². The highest BCUT2D eigenvalue weighted by atomic mass is 32.1. The SMILES string of the molecule is Cc1ccc(-c2c(C)sc3nc(Cn4nc(-c5ccc(F)cc5)oc4=O)[nH]c(=O)c23)cc1. The number of hydrogen-bond acceptors (Lipinski definition) is 6. The summed E-state index contributed by atoms with van der Waals surface area (Å²) < 4.78 is 19.4. The number of rotatable bonds is 4. The number of nitrogens with one attached hydrogen (secondary N) is 1. The van der Waals surface area contributed by atoms with Gasteiger partial charge in [-0.3, -0.25) is 4.79 Å². The predicted octanol–water partition coefficient (Wildman–Crippen LogP) is 4.27. The summed E-state index contributed by atoms with van der Waals surface area (Å²) >= 11 is 1.43. The van der Waals surface area contributed by atoms with E-state index in [1.165, 1.54) is 35.6 Å². The van der Waals surface area contributed by atoms with E-state index in [1.807, 2.05) is 38.1 Å². The van der Waals surface area contributed by atoms with E-state index in [0.29, 0.717) is 21.6 Å². The highest BCUT2D eigenvalue weighted by molar-refractivity contribution is 7.19. The molecule has 9 heteroatoms. The third-order valence-corrected chi connectivity index (χ3v) is 6.12. The number of halogens is 1. The lowest BCUT2D eigenvalue weighted by molar-refractivity contribution is 0.491. The Bertz CT molecular complexity index is 1560. The van der Waals surface area contributed by atoms with Crippen molar-refractivity contribution in [3.63, 3.8) is 0 Å². The van der Waals surface area contributed by atoms with Gasteiger partial charge in [-0.05, 0) is 43.7 Å². The molecule has 0 fully saturated rings. The summed E-state index contributed by atoms with van der Waals surface area (Å²) in [7, 11) is 0. The number of aromatic amines is 1. The number of aromatic nitrogens is 4. The molecule has 0 saturated carbocycles. The zero-order valence-electron chi connectivity index (χ0n) is 17.2. The Morgan fingerprint density at radius 1 is 1.03 bits per heavy atom. The Hall–Kier alpha value is -3.85. The maximum atomic E-state index is 13.1. The molecule has 0 aliphatic rings. The summed E-state index contributed by atoms with van der Waals surface area (Å²) in [6.07, 6.45) is 0. The van der Waals surface area contributed by atoms with Gasteiger partial charge < -0.3 is 9.40 Å². The molecule has 0 spiro atoms. The molecule has 160 valence electrons. The molecule has 7 nitrogen and oxygen atoms in total. The molecule has 0 amide bonds. The number of fused-ring (bicyclic) bond motifs is 1. The summed E-state index contributed by atoms with van der Waals surface area (Å²) in [4.78, 5) is 34.1. The van der Waals surface area contributed by atoms with Crippen molar-refractivity contribution < 1.29 is 8.81 Å². The normalized spacial score (nSPS) is 11.3. The lowest BCUT2D eigenvalue weighted by Gasteiger charge is -2.03. The van der Waals surface area contributed by atoms with Crippen molar-refractivity contribution in [2.24, 2.45) is 0 Å². The lowest BCUT2D eigenvalue weighted by Crippen LogP contribution is -2.20. The number of H-pyrrole nitrogens is 1. The Kier molecular flexibility index (Phi) is 4.82. The lowest BCUT2D eigenvalue weighted by atomic mass is 10.0. The van der Waals surface area contributed by atoms with Crippen molar-refractivity contribution in [1.29, 1.82) is 0 Å². The van der Waals surface area contributed by atoms with Crippen LogP contribution < -0.4 is 11.3 Å². The van der Waals surface area contributed by atoms with Crippen molar-refractivity contribution in [2.75, 3.05) is 0 Å². The first-order valence-corrected chi connectivity index (χ1v) is 10.6. The standard InChI is InChI=1S/C23H17FN4O3S/c1-12-3-5-14(6-4-12)18-13(2)32-22-19(18)20(29)25-17(26-22)11-28-23(30)31-21(27-28)15-7-9-16(24)10-8-15/h3-10H,11H2,1-2H3,(H,25,26,29). The van der Waals surface area contributed by atoms with Crippen LogP contribution in [0.25, 0.3) is 32.8 Å². The Balaban J connectivity index is 1.53. The largest absolute Gasteiger partial charge is 0.437 e. The van der Waals surface area contributed by atoms with Gasteiger partial charge in [0.05, 0.1) is 5.39 Å². The summed E-state index contributed by atoms with van der Waals surface area (Å²) in [5.74, 6) is -0.746. The summed E-state index contributed by atoms with van der Waals surface area (Å²) in [5, 5.41) is 4.68. The van der Waals surface area contributed by atoms with Crippen molar-refractivity contribution >= 4 is 21.6 Å². The second-order valence-corrected chi connectivity index (χ2v) is 8.63. The first-order chi connectivity index (χ1) is 15.4. The second-order valence-electron chi connectivity index (χ2n) is 7.43. The Labute approximate surface area is 184 Å². The predicted molar refractivity (Wildman–Crippen MR) is 120 cm³/mol. The molecule has 0 atom stereocenters. The molecule has 32 heavy (non-hydrogen) atoms. The highest BCUT2D eigenvalue weighted by Crippen LogP contribution is 2.35. The van der Waals surface area contributed by atoms with Gasteiger partial charge in [-0.2, -0.15) is 4.68 Å². The van der Waals surface area contributed by atoms with E-state index in [1.54, 1.807) is 0 Å². The van der Waals surface area contributed by atoms with Gasteiger partial charge in [-0.15, -0.1) is 16.4 Å². The molecule has 0 unspecified atom stereocenters. The van der Waals surface area contributed by atoms with Gasteiger partial charge in [-0.25, -0.2) is 14.2 Å². The summed E-state index contributed by atoms with van der Waals surface area (Å²) in [5.41, 5.74) is 3.15. The van der Waals surface area contributed by atoms with Crippen LogP contribution >= 0.6 is 11.3 Å². The fraction of sp³-hybridized carbons (Fsp3) is 0.130. The average molecular weight is 448 g/mol. The van der Waals surface area contributed by atoms with Gasteiger partial charge in [0.25, 0.3) is 5.56 Å². The van der Waals surface area contributed by atoms with Crippen LogP contribution in [0, 0.1) is 19.7 Å². The summed E-state index contributed by atoms with van der Waals surface area (Å²) in [6.45, 7) is 3.90. The zero-order valence-corrected chi connectivity index (χ0v) is 18.0. The van der Waals surface area contributed by atoms with Gasteiger partial charge in [0.1, 0.15) is 23.0 Å². The zero-order chi connectivity index (χ0) is 22.4. The van der Waals surface area contributed by atoms with Crippen LogP contribution in [0.3, 0.4) is 0 Å². The van der Waals surface area contributed by atoms with E-state index in [4.69, 9.17) is 4.42 Å². The first kappa shape index (κ1) is 20.1. The molecule has 1 N–H and O–H groups in total. The van der Waals surface area contributed by atoms with Crippen molar-refractivity contribution in [1.82, 2.24) is 19.7 Å². The molecular weight excluding hydrogens is 431 g/mol. The minimum atomic E-state index is -0.699. The van der Waals surface area contributed by atoms with E-state index < -0.39 is 11.6 Å². The van der Waals surface area contributed by atoms with Crippen LogP contribution in [0.15, 0.2) is 62.5 Å². The fourth-order valence-corrected chi connectivity index (χ4v) is 4.63. The molecule has 5 rings (SSSR count). The molecule has 5 aromatic rings. The van der Waals surface area contributed by atoms with E-state index in [-0.39, 0.29) is 18.0 Å². The van der Waals surface area contributed by atoms with Gasteiger partial charge in [0.2, 0.25) is 5.89 Å². The highest BCUT2D eigenvalue weighted by Gasteiger charge is 2.18. The van der Waals surface area contributed by atoms with E-state index in [9.17, 15) is 14.0 Å². The van der Waals surface area contributed by atoms with Gasteiger partial charge >= 0.3 is 5.76 Å². The molecule has 3 aromatic heterocycles. The number of benzene rings is 2. The number of aryl methyl sites for hydroxylation is 2. The van der Waals surface area contributed by atoms with Crippen LogP contribution in [0.2, 0.25) is 0 Å². The minimum absolute atomic E-state index is 0.0621. The first-order valence-electron chi connectivity index (χ1n) is 9.82. The average Bonchev–Trinajstić information content (AvgIpc) is 3.29. The topological polar surface area (TPSA) is 93.8 Å². The van der Waals surface area contributed by atoms with Crippen molar-refractivity contribution in [3.05, 3.63) is 91.5 Å². The molecule has 0 aliphatic heterocycles. The van der Waals surface area contributed by atoms with Crippen LogP contribution in [-0.2, 0) is 6.54 Å². The monoisotopic (exact) mass is 448 g/mol. The maximum absolute atomic E-state index is 13.1. The van der Waals surface area contributed by atoms with E-state index >= 15 is 0 Å². The van der Waals surface area contributed by atoms with Gasteiger partial charge in [-0.1, -0.05) is 29.8 Å². The van der Waals surface area contributed by atoms with Crippen LogP contribution in [0.1, 0.15) is 16.3 Å². The minimum Gasteiger partial charge on any atom is -0.388 e. The molecular formula is C23H17FN4O3S. The van der Waals surface area contributed by atoms with Gasteiger partial charge in [0, 0.05) is 16.0 Å². The number of hydrogen-bond donors (Lipinski definition) is 1. The molecule has 3 heterocycles. The molecule has 2 aromatic carbocycles. The van der Waals surface area contributed by atoms with Crippen LogP contribution in [0.4, 0.5) is 4.39 Å².